The van der Waals surface area contributed by atoms with Crippen LogP contribution < -0.4 is 20.9 Å². The van der Waals surface area contributed by atoms with E-state index in [1.165, 1.54) is 0 Å². The van der Waals surface area contributed by atoms with Gasteiger partial charge in [0, 0.05) is 31.9 Å². The van der Waals surface area contributed by atoms with Crippen molar-refractivity contribution in [3.05, 3.63) is 24.4 Å². The Morgan fingerprint density at radius 3 is 2.63 bits per heavy atom. The van der Waals surface area contributed by atoms with Gasteiger partial charge in [0.15, 0.2) is 5.96 Å². The van der Waals surface area contributed by atoms with Gasteiger partial charge in [-0.25, -0.2) is 9.78 Å². The third kappa shape index (κ3) is 7.81. The Bertz CT molecular complexity index is 663. The van der Waals surface area contributed by atoms with Crippen LogP contribution in [0.3, 0.4) is 0 Å². The van der Waals surface area contributed by atoms with Gasteiger partial charge in [0.1, 0.15) is 5.82 Å². The molecule has 1 unspecified atom stereocenters. The zero-order valence-electron chi connectivity index (χ0n) is 18.0. The molecule has 8 nitrogen and oxygen atoms in total. The van der Waals surface area contributed by atoms with E-state index in [-0.39, 0.29) is 36.1 Å². The van der Waals surface area contributed by atoms with Crippen molar-refractivity contribution in [2.45, 2.75) is 51.6 Å². The molecule has 0 bridgehead atoms. The first kappa shape index (κ1) is 24.5. The predicted molar refractivity (Wildman–Crippen MR) is 131 cm³/mol. The monoisotopic (exact) mass is 530 g/mol. The van der Waals surface area contributed by atoms with Crippen LogP contribution in [0.25, 0.3) is 0 Å². The minimum absolute atomic E-state index is 0. The number of rotatable bonds is 8. The molecule has 3 N–H and O–H groups in total. The third-order valence-electron chi connectivity index (χ3n) is 5.37. The van der Waals surface area contributed by atoms with Crippen LogP contribution >= 0.6 is 24.0 Å². The normalized spacial score (nSPS) is 18.2. The van der Waals surface area contributed by atoms with Gasteiger partial charge in [-0.1, -0.05) is 6.07 Å². The topological polar surface area (TPSA) is 90.9 Å². The summed E-state index contributed by atoms with van der Waals surface area (Å²) in [5.41, 5.74) is 0. The molecule has 1 aromatic heterocycles. The molecule has 3 rings (SSSR count). The van der Waals surface area contributed by atoms with Gasteiger partial charge >= 0.3 is 6.09 Å². The van der Waals surface area contributed by atoms with Crippen molar-refractivity contribution in [2.24, 2.45) is 10.9 Å². The second kappa shape index (κ2) is 12.8. The average Bonchev–Trinajstić information content (AvgIpc) is 3.58. The Kier molecular flexibility index (Phi) is 10.5. The van der Waals surface area contributed by atoms with Gasteiger partial charge in [0.2, 0.25) is 0 Å². The number of aromatic nitrogens is 1. The lowest BCUT2D eigenvalue weighted by Gasteiger charge is -2.33. The van der Waals surface area contributed by atoms with Crippen LogP contribution in [0, 0.1) is 5.92 Å². The summed E-state index contributed by atoms with van der Waals surface area (Å²) < 4.78 is 5.03. The van der Waals surface area contributed by atoms with Crippen LogP contribution in [0.2, 0.25) is 0 Å². The molecule has 30 heavy (non-hydrogen) atoms. The summed E-state index contributed by atoms with van der Waals surface area (Å²) in [6, 6.07) is 6.46. The Hall–Kier alpha value is -1.78. The standard InChI is InChI=1S/C21H34N6O2.HI/c1-3-22-20(24-15-18(16-8-9-16)26-21(28)29-4-2)25-17-10-13-27(14-11-17)19-7-5-6-12-23-19;/h5-7,12,16-18H,3-4,8-11,13-15H2,1-2H3,(H,26,28)(H2,22,24,25);1H. The molecule has 2 fully saturated rings. The Labute approximate surface area is 196 Å². The fraction of sp³-hybridized carbons (Fsp3) is 0.667. The maximum atomic E-state index is 11.8. The number of nitrogens with one attached hydrogen (secondary N) is 3. The van der Waals surface area contributed by atoms with Gasteiger partial charge in [-0.05, 0) is 57.6 Å². The summed E-state index contributed by atoms with van der Waals surface area (Å²) >= 11 is 0. The molecule has 168 valence electrons. The zero-order chi connectivity index (χ0) is 20.5. The fourth-order valence-electron chi connectivity index (χ4n) is 3.63. The lowest BCUT2D eigenvalue weighted by molar-refractivity contribution is 0.147. The summed E-state index contributed by atoms with van der Waals surface area (Å²) in [7, 11) is 0. The second-order valence-electron chi connectivity index (χ2n) is 7.62. The van der Waals surface area contributed by atoms with Crippen LogP contribution in [-0.4, -0.2) is 61.9 Å². The first-order chi connectivity index (χ1) is 14.2. The van der Waals surface area contributed by atoms with E-state index in [9.17, 15) is 4.79 Å². The molecule has 9 heteroatoms. The minimum Gasteiger partial charge on any atom is -0.450 e. The van der Waals surface area contributed by atoms with Gasteiger partial charge in [-0.15, -0.1) is 24.0 Å². The van der Waals surface area contributed by atoms with Crippen molar-refractivity contribution in [3.8, 4) is 0 Å². The van der Waals surface area contributed by atoms with Gasteiger partial charge in [0.05, 0.1) is 19.2 Å². The number of nitrogens with zero attached hydrogens (tertiary/aromatic N) is 3. The number of aliphatic imine (C=N–C) groups is 1. The van der Waals surface area contributed by atoms with Crippen molar-refractivity contribution in [3.63, 3.8) is 0 Å². The van der Waals surface area contributed by atoms with E-state index in [0.717, 1.165) is 57.1 Å². The molecular formula is C21H35IN6O2. The van der Waals surface area contributed by atoms with Gasteiger partial charge in [0.25, 0.3) is 0 Å². The van der Waals surface area contributed by atoms with Crippen molar-refractivity contribution in [2.75, 3.05) is 37.7 Å². The molecule has 1 saturated heterocycles. The number of hydrogen-bond acceptors (Lipinski definition) is 5. The molecule has 1 aliphatic carbocycles. The summed E-state index contributed by atoms with van der Waals surface area (Å²) in [5.74, 6) is 2.37. The molecule has 1 saturated carbocycles. The average molecular weight is 530 g/mol. The SMILES string of the molecule is CCNC(=NCC(NC(=O)OCC)C1CC1)NC1CCN(c2ccccn2)CC1.I. The van der Waals surface area contributed by atoms with E-state index in [0.29, 0.717) is 25.1 Å². The number of amides is 1. The van der Waals surface area contributed by atoms with Crippen LogP contribution in [-0.2, 0) is 4.74 Å². The fourth-order valence-corrected chi connectivity index (χ4v) is 3.63. The smallest absolute Gasteiger partial charge is 0.407 e. The van der Waals surface area contributed by atoms with Gasteiger partial charge < -0.3 is 25.6 Å². The largest absolute Gasteiger partial charge is 0.450 e. The highest BCUT2D eigenvalue weighted by molar-refractivity contribution is 14.0. The quantitative estimate of drug-likeness (QED) is 0.272. The van der Waals surface area contributed by atoms with Crippen molar-refractivity contribution in [1.29, 1.82) is 0 Å². The van der Waals surface area contributed by atoms with E-state index in [2.05, 4.69) is 38.8 Å². The van der Waals surface area contributed by atoms with E-state index in [1.54, 1.807) is 0 Å². The Morgan fingerprint density at radius 1 is 1.27 bits per heavy atom. The molecule has 0 radical (unpaired) electrons. The molecular weight excluding hydrogens is 495 g/mol. The number of anilines is 1. The number of guanidine groups is 1. The highest BCUT2D eigenvalue weighted by Gasteiger charge is 2.32. The molecule has 2 heterocycles. The van der Waals surface area contributed by atoms with E-state index in [4.69, 9.17) is 9.73 Å². The summed E-state index contributed by atoms with van der Waals surface area (Å²) in [4.78, 5) is 23.3. The Morgan fingerprint density at radius 2 is 2.03 bits per heavy atom. The first-order valence-corrected chi connectivity index (χ1v) is 10.8. The molecule has 1 amide bonds. The number of pyridine rings is 1. The summed E-state index contributed by atoms with van der Waals surface area (Å²) in [6.45, 7) is 7.58. The number of halogens is 1. The maximum absolute atomic E-state index is 11.8. The highest BCUT2D eigenvalue weighted by Crippen LogP contribution is 2.32. The molecule has 1 atom stereocenters. The van der Waals surface area contributed by atoms with E-state index in [1.807, 2.05) is 25.3 Å². The first-order valence-electron chi connectivity index (χ1n) is 10.8. The molecule has 0 spiro atoms. The van der Waals surface area contributed by atoms with E-state index < -0.39 is 0 Å². The number of alkyl carbamates (subject to hydrolysis) is 1. The zero-order valence-corrected chi connectivity index (χ0v) is 20.3. The number of piperidine rings is 1. The Balaban J connectivity index is 0.00000320. The van der Waals surface area contributed by atoms with Crippen LogP contribution in [0.1, 0.15) is 39.5 Å². The van der Waals surface area contributed by atoms with Crippen molar-refractivity contribution in [1.82, 2.24) is 20.9 Å². The number of hydrogen-bond donors (Lipinski definition) is 3. The van der Waals surface area contributed by atoms with Crippen molar-refractivity contribution >= 4 is 41.8 Å². The summed E-state index contributed by atoms with van der Waals surface area (Å²) in [6.07, 6.45) is 5.85. The number of carbonyl (C=O) groups excluding carboxylic acids is 1. The number of ether oxygens (including phenoxy) is 1. The van der Waals surface area contributed by atoms with Crippen LogP contribution in [0.5, 0.6) is 0 Å². The van der Waals surface area contributed by atoms with Crippen LogP contribution in [0.15, 0.2) is 29.4 Å². The molecule has 2 aliphatic rings. The predicted octanol–water partition coefficient (Wildman–Crippen LogP) is 2.75. The molecule has 0 aromatic carbocycles. The lowest BCUT2D eigenvalue weighted by Crippen LogP contribution is -2.49. The van der Waals surface area contributed by atoms with Gasteiger partial charge in [-0.3, -0.25) is 4.99 Å². The highest BCUT2D eigenvalue weighted by atomic mass is 127. The van der Waals surface area contributed by atoms with Crippen molar-refractivity contribution < 1.29 is 9.53 Å². The maximum Gasteiger partial charge on any atom is 0.407 e. The third-order valence-corrected chi connectivity index (χ3v) is 5.37. The van der Waals surface area contributed by atoms with Gasteiger partial charge in [-0.2, -0.15) is 0 Å². The minimum atomic E-state index is -0.348. The molecule has 1 aliphatic heterocycles. The molecule has 1 aromatic rings. The summed E-state index contributed by atoms with van der Waals surface area (Å²) in [5, 5.41) is 9.87. The second-order valence-corrected chi connectivity index (χ2v) is 7.62. The van der Waals surface area contributed by atoms with E-state index >= 15 is 0 Å². The lowest BCUT2D eigenvalue weighted by atomic mass is 10.1. The van der Waals surface area contributed by atoms with Crippen LogP contribution in [0.4, 0.5) is 10.6 Å². The number of carbonyl (C=O) groups is 1.